The largest absolute Gasteiger partial charge is 0.467 e. The Balaban J connectivity index is 4.62. The Morgan fingerprint density at radius 3 is 2.32 bits per heavy atom. The van der Waals surface area contributed by atoms with Crippen LogP contribution in [0.2, 0.25) is 0 Å². The van der Waals surface area contributed by atoms with E-state index in [1.807, 2.05) is 0 Å². The van der Waals surface area contributed by atoms with Crippen molar-refractivity contribution in [2.45, 2.75) is 31.8 Å². The molecule has 0 spiro atoms. The maximum absolute atomic E-state index is 12.0. The number of ether oxygens (including phenoxy) is 1. The number of methoxy groups -OCH3 is 1. The monoisotopic (exact) mass is 333 g/mol. The summed E-state index contributed by atoms with van der Waals surface area (Å²) in [5.74, 6) is -1.40. The Morgan fingerprint density at radius 1 is 1.23 bits per heavy atom. The quantitative estimate of drug-likeness (QED) is 0.110. The van der Waals surface area contributed by atoms with E-state index >= 15 is 0 Å². The number of nitrogens with one attached hydrogen (secondary N) is 2. The van der Waals surface area contributed by atoms with Crippen molar-refractivity contribution in [2.75, 3.05) is 19.4 Å². The first-order chi connectivity index (χ1) is 10.3. The van der Waals surface area contributed by atoms with Crippen LogP contribution in [0.1, 0.15) is 19.8 Å². The topological polar surface area (TPSA) is 149 Å². The number of carbonyl (C=O) groups is 3. The summed E-state index contributed by atoms with van der Waals surface area (Å²) in [5, 5.41) is 4.96. The first kappa shape index (κ1) is 20.0. The van der Waals surface area contributed by atoms with E-state index in [4.69, 9.17) is 11.5 Å². The number of amides is 2. The highest BCUT2D eigenvalue weighted by Gasteiger charge is 2.25. The molecule has 0 aliphatic carbocycles. The normalized spacial score (nSPS) is 12.7. The maximum atomic E-state index is 12.0. The minimum Gasteiger partial charge on any atom is -0.467 e. The lowest BCUT2D eigenvalue weighted by Gasteiger charge is -2.20. The van der Waals surface area contributed by atoms with Gasteiger partial charge >= 0.3 is 5.97 Å². The minimum atomic E-state index is -0.845. The summed E-state index contributed by atoms with van der Waals surface area (Å²) < 4.78 is 4.64. The molecule has 0 unspecified atom stereocenters. The first-order valence-electron chi connectivity index (χ1n) is 6.63. The molecule has 0 heterocycles. The number of aliphatic imine (C=N–C) groups is 1. The zero-order chi connectivity index (χ0) is 17.1. The Labute approximate surface area is 134 Å². The van der Waals surface area contributed by atoms with Crippen LogP contribution in [0.3, 0.4) is 0 Å². The predicted octanol–water partition coefficient (Wildman–Crippen LogP) is -1.87. The molecule has 0 rings (SSSR count). The Bertz CT molecular complexity index is 426. The number of carbonyl (C=O) groups excluding carboxylic acids is 3. The number of hydrogen-bond acceptors (Lipinski definition) is 6. The minimum absolute atomic E-state index is 0.0422. The molecule has 0 saturated heterocycles. The Kier molecular flexibility index (Phi) is 9.75. The second-order valence-corrected chi connectivity index (χ2v) is 4.83. The second kappa shape index (κ2) is 10.7. The summed E-state index contributed by atoms with van der Waals surface area (Å²) in [5.41, 5.74) is 10.4. The number of esters is 1. The van der Waals surface area contributed by atoms with Crippen LogP contribution < -0.4 is 22.1 Å². The average Bonchev–Trinajstić information content (AvgIpc) is 2.46. The van der Waals surface area contributed by atoms with Crippen LogP contribution in [0.15, 0.2) is 4.99 Å². The molecular formula is C12H23N5O4S. The number of guanidine groups is 1. The summed E-state index contributed by atoms with van der Waals surface area (Å²) in [7, 11) is 1.22. The van der Waals surface area contributed by atoms with E-state index in [1.165, 1.54) is 14.0 Å². The molecule has 2 atom stereocenters. The van der Waals surface area contributed by atoms with E-state index in [0.717, 1.165) is 0 Å². The molecule has 6 N–H and O–H groups in total. The Morgan fingerprint density at radius 2 is 1.86 bits per heavy atom. The van der Waals surface area contributed by atoms with E-state index in [1.54, 1.807) is 0 Å². The highest BCUT2D eigenvalue weighted by Crippen LogP contribution is 2.02. The summed E-state index contributed by atoms with van der Waals surface area (Å²) in [6, 6.07) is -1.67. The number of rotatable bonds is 9. The number of thiol groups is 1. The fourth-order valence-corrected chi connectivity index (χ4v) is 1.86. The smallest absolute Gasteiger partial charge is 0.328 e. The molecule has 10 heteroatoms. The molecule has 0 aromatic rings. The van der Waals surface area contributed by atoms with Gasteiger partial charge in [0.25, 0.3) is 0 Å². The molecular weight excluding hydrogens is 310 g/mol. The van der Waals surface area contributed by atoms with Gasteiger partial charge in [0.1, 0.15) is 12.1 Å². The van der Waals surface area contributed by atoms with Crippen LogP contribution >= 0.6 is 12.6 Å². The molecule has 22 heavy (non-hydrogen) atoms. The first-order valence-corrected chi connectivity index (χ1v) is 7.26. The third-order valence-corrected chi connectivity index (χ3v) is 2.99. The number of nitrogens with zero attached hydrogens (tertiary/aromatic N) is 1. The third-order valence-electron chi connectivity index (χ3n) is 2.62. The molecule has 0 aromatic heterocycles. The van der Waals surface area contributed by atoms with E-state index in [-0.39, 0.29) is 17.6 Å². The lowest BCUT2D eigenvalue weighted by atomic mass is 10.1. The fraction of sp³-hybridized carbons (Fsp3) is 0.667. The highest BCUT2D eigenvalue weighted by molar-refractivity contribution is 7.80. The van der Waals surface area contributed by atoms with Gasteiger partial charge in [-0.25, -0.2) is 4.79 Å². The standard InChI is InChI=1S/C12H23N5O4S/c1-7(18)16-9(6-22)10(19)17-8(11(20)21-2)4-3-5-15-12(13)14/h8-9,22H,3-6H2,1-2H3,(H,16,18)(H,17,19)(H4,13,14,15)/t8-,9-/m0/s1. The van der Waals surface area contributed by atoms with Gasteiger partial charge in [-0.15, -0.1) is 0 Å². The van der Waals surface area contributed by atoms with Gasteiger partial charge in [-0.3, -0.25) is 14.6 Å². The fourth-order valence-electron chi connectivity index (χ4n) is 1.61. The summed E-state index contributed by atoms with van der Waals surface area (Å²) in [6.45, 7) is 1.62. The molecule has 9 nitrogen and oxygen atoms in total. The van der Waals surface area contributed by atoms with Crippen molar-refractivity contribution < 1.29 is 19.1 Å². The Hall–Kier alpha value is -1.97. The van der Waals surface area contributed by atoms with Crippen molar-refractivity contribution >= 4 is 36.4 Å². The zero-order valence-electron chi connectivity index (χ0n) is 12.7. The maximum Gasteiger partial charge on any atom is 0.328 e. The van der Waals surface area contributed by atoms with Gasteiger partial charge in [0, 0.05) is 19.2 Å². The van der Waals surface area contributed by atoms with Gasteiger partial charge < -0.3 is 26.8 Å². The average molecular weight is 333 g/mol. The number of hydrogen-bond donors (Lipinski definition) is 5. The summed E-state index contributed by atoms with van der Waals surface area (Å²) in [6.07, 6.45) is 0.776. The van der Waals surface area contributed by atoms with E-state index in [0.29, 0.717) is 19.4 Å². The predicted molar refractivity (Wildman–Crippen MR) is 85.3 cm³/mol. The lowest BCUT2D eigenvalue weighted by Crippen LogP contribution is -2.52. The molecule has 0 bridgehead atoms. The van der Waals surface area contributed by atoms with Crippen molar-refractivity contribution in [2.24, 2.45) is 16.5 Å². The summed E-state index contributed by atoms with van der Waals surface area (Å²) in [4.78, 5) is 38.5. The van der Waals surface area contributed by atoms with Crippen LogP contribution in [0.4, 0.5) is 0 Å². The third kappa shape index (κ3) is 8.35. The molecule has 0 aliphatic rings. The van der Waals surface area contributed by atoms with Crippen LogP contribution in [0.25, 0.3) is 0 Å². The van der Waals surface area contributed by atoms with Crippen molar-refractivity contribution in [3.05, 3.63) is 0 Å². The molecule has 0 aliphatic heterocycles. The van der Waals surface area contributed by atoms with E-state index in [9.17, 15) is 14.4 Å². The molecule has 0 saturated carbocycles. The molecule has 2 amide bonds. The molecule has 0 radical (unpaired) electrons. The molecule has 0 aromatic carbocycles. The van der Waals surface area contributed by atoms with Gasteiger partial charge in [-0.2, -0.15) is 12.6 Å². The van der Waals surface area contributed by atoms with Gasteiger partial charge in [0.15, 0.2) is 5.96 Å². The van der Waals surface area contributed by atoms with Crippen molar-refractivity contribution in [1.82, 2.24) is 10.6 Å². The van der Waals surface area contributed by atoms with Crippen LogP contribution in [0, 0.1) is 0 Å². The van der Waals surface area contributed by atoms with Gasteiger partial charge in [0.05, 0.1) is 7.11 Å². The second-order valence-electron chi connectivity index (χ2n) is 4.47. The van der Waals surface area contributed by atoms with E-state index < -0.39 is 24.0 Å². The highest BCUT2D eigenvalue weighted by atomic mass is 32.1. The summed E-state index contributed by atoms with van der Waals surface area (Å²) >= 11 is 4.00. The molecule has 0 fully saturated rings. The molecule has 126 valence electrons. The lowest BCUT2D eigenvalue weighted by molar-refractivity contribution is -0.145. The van der Waals surface area contributed by atoms with Crippen LogP contribution in [0.5, 0.6) is 0 Å². The SMILES string of the molecule is COC(=O)[C@H](CCCN=C(N)N)NC(=O)[C@H](CS)NC(C)=O. The van der Waals surface area contributed by atoms with Crippen molar-refractivity contribution in [3.8, 4) is 0 Å². The van der Waals surface area contributed by atoms with Gasteiger partial charge in [-0.05, 0) is 12.8 Å². The van der Waals surface area contributed by atoms with Crippen LogP contribution in [-0.2, 0) is 19.1 Å². The zero-order valence-corrected chi connectivity index (χ0v) is 13.6. The van der Waals surface area contributed by atoms with Gasteiger partial charge in [-0.1, -0.05) is 0 Å². The van der Waals surface area contributed by atoms with E-state index in [2.05, 4.69) is 33.0 Å². The van der Waals surface area contributed by atoms with Gasteiger partial charge in [0.2, 0.25) is 11.8 Å². The van der Waals surface area contributed by atoms with Crippen LogP contribution in [-0.4, -0.2) is 55.2 Å². The van der Waals surface area contributed by atoms with Crippen molar-refractivity contribution in [3.63, 3.8) is 0 Å². The van der Waals surface area contributed by atoms with Crippen molar-refractivity contribution in [1.29, 1.82) is 0 Å². The number of nitrogens with two attached hydrogens (primary N) is 2.